The van der Waals surface area contributed by atoms with Crippen LogP contribution in [-0.4, -0.2) is 28.3 Å². The van der Waals surface area contributed by atoms with Gasteiger partial charge in [0.15, 0.2) is 5.78 Å². The maximum Gasteiger partial charge on any atom is 0.277 e. The van der Waals surface area contributed by atoms with E-state index in [-0.39, 0.29) is 16.4 Å². The lowest BCUT2D eigenvalue weighted by Gasteiger charge is -2.24. The Bertz CT molecular complexity index is 1120. The zero-order valence-electron chi connectivity index (χ0n) is 17.8. The molecule has 1 aliphatic heterocycles. The molecule has 0 N–H and O–H groups in total. The summed E-state index contributed by atoms with van der Waals surface area (Å²) >= 11 is 1.29. The Hall–Kier alpha value is -2.86. The minimum Gasteiger partial charge on any atom is -0.411 e. The molecule has 1 aromatic heterocycles. The maximum absolute atomic E-state index is 13.0. The molecule has 2 aromatic carbocycles. The second-order valence-corrected chi connectivity index (χ2v) is 9.42. The normalized spacial score (nSPS) is 17.2. The van der Waals surface area contributed by atoms with Gasteiger partial charge in [0, 0.05) is 35.5 Å². The molecule has 0 aliphatic carbocycles. The summed E-state index contributed by atoms with van der Waals surface area (Å²) in [7, 11) is 2.01. The number of allylic oxidation sites excluding steroid dienone is 2. The van der Waals surface area contributed by atoms with Crippen molar-refractivity contribution in [2.45, 2.75) is 43.6 Å². The third-order valence-corrected chi connectivity index (χ3v) is 6.56. The van der Waals surface area contributed by atoms with Crippen molar-refractivity contribution in [2.75, 3.05) is 11.9 Å². The van der Waals surface area contributed by atoms with E-state index in [0.717, 1.165) is 16.9 Å². The van der Waals surface area contributed by atoms with E-state index in [1.807, 2.05) is 57.3 Å². The van der Waals surface area contributed by atoms with Gasteiger partial charge in [0.1, 0.15) is 0 Å². The fourth-order valence-corrected chi connectivity index (χ4v) is 4.49. The number of aryl methyl sites for hydroxylation is 1. The predicted molar refractivity (Wildman–Crippen MR) is 121 cm³/mol. The van der Waals surface area contributed by atoms with Crippen LogP contribution in [0.5, 0.6) is 0 Å². The first-order chi connectivity index (χ1) is 14.3. The molecule has 0 amide bonds. The second kappa shape index (κ2) is 7.76. The van der Waals surface area contributed by atoms with E-state index in [2.05, 4.69) is 41.1 Å². The Morgan fingerprint density at radius 2 is 1.83 bits per heavy atom. The minimum atomic E-state index is -0.336. The van der Waals surface area contributed by atoms with Crippen LogP contribution in [0, 0.1) is 6.92 Å². The molecule has 2 heterocycles. The number of thioether (sulfide) groups is 1. The molecule has 0 radical (unpaired) electrons. The molecular formula is C24H25N3O2S. The lowest BCUT2D eigenvalue weighted by molar-refractivity contribution is -0.114. The largest absolute Gasteiger partial charge is 0.411 e. The monoisotopic (exact) mass is 419 g/mol. The van der Waals surface area contributed by atoms with E-state index in [0.29, 0.717) is 11.1 Å². The number of carbonyl (C=O) groups is 1. The number of rotatable bonds is 5. The number of likely N-dealkylation sites (N-methyl/N-ethyl adjacent to an activating group) is 1. The molecule has 0 bridgehead atoms. The molecule has 5 nitrogen and oxygen atoms in total. The van der Waals surface area contributed by atoms with E-state index < -0.39 is 0 Å². The average molecular weight is 420 g/mol. The van der Waals surface area contributed by atoms with Crippen molar-refractivity contribution in [3.63, 3.8) is 0 Å². The fraction of sp³-hybridized carbons (Fsp3) is 0.292. The molecule has 0 saturated carbocycles. The number of hydrogen-bond donors (Lipinski definition) is 0. The Labute approximate surface area is 181 Å². The van der Waals surface area contributed by atoms with Crippen LogP contribution in [0.15, 0.2) is 69.9 Å². The highest BCUT2D eigenvalue weighted by molar-refractivity contribution is 8.00. The van der Waals surface area contributed by atoms with Gasteiger partial charge >= 0.3 is 0 Å². The van der Waals surface area contributed by atoms with Crippen LogP contribution in [0.1, 0.15) is 31.9 Å². The van der Waals surface area contributed by atoms with Crippen LogP contribution in [-0.2, 0) is 10.2 Å². The van der Waals surface area contributed by atoms with Gasteiger partial charge in [-0.3, -0.25) is 4.79 Å². The Morgan fingerprint density at radius 3 is 2.53 bits per heavy atom. The number of anilines is 1. The van der Waals surface area contributed by atoms with Crippen LogP contribution in [0.2, 0.25) is 0 Å². The molecule has 6 heteroatoms. The molecule has 1 aliphatic rings. The number of aromatic nitrogens is 2. The topological polar surface area (TPSA) is 59.2 Å². The molecule has 4 rings (SSSR count). The molecule has 1 atom stereocenters. The standard InChI is InChI=1S/C24H25N3O2S/c1-15-10-12-17(13-11-15)22-25-26-23(29-22)30-16(2)20(28)14-21-24(3,4)18-8-6-7-9-19(18)27(21)5/h6-14,16H,1-5H3/b21-14+. The summed E-state index contributed by atoms with van der Waals surface area (Å²) in [4.78, 5) is 15.1. The molecule has 0 spiro atoms. The van der Waals surface area contributed by atoms with E-state index in [4.69, 9.17) is 4.42 Å². The van der Waals surface area contributed by atoms with Crippen LogP contribution < -0.4 is 4.90 Å². The molecular weight excluding hydrogens is 394 g/mol. The van der Waals surface area contributed by atoms with Gasteiger partial charge in [-0.05, 0) is 37.6 Å². The van der Waals surface area contributed by atoms with Crippen molar-refractivity contribution in [1.29, 1.82) is 0 Å². The third-order valence-electron chi connectivity index (χ3n) is 5.60. The number of nitrogens with zero attached hydrogens (tertiary/aromatic N) is 3. The lowest BCUT2D eigenvalue weighted by Crippen LogP contribution is -2.25. The number of para-hydroxylation sites is 1. The van der Waals surface area contributed by atoms with E-state index in [9.17, 15) is 4.79 Å². The minimum absolute atomic E-state index is 0.0258. The predicted octanol–water partition coefficient (Wildman–Crippen LogP) is 5.41. The van der Waals surface area contributed by atoms with Gasteiger partial charge in [-0.15, -0.1) is 10.2 Å². The van der Waals surface area contributed by atoms with Crippen molar-refractivity contribution < 1.29 is 9.21 Å². The van der Waals surface area contributed by atoms with E-state index >= 15 is 0 Å². The van der Waals surface area contributed by atoms with Gasteiger partial charge in [0.05, 0.1) is 5.25 Å². The fourth-order valence-electron chi connectivity index (χ4n) is 3.79. The molecule has 1 unspecified atom stereocenters. The van der Waals surface area contributed by atoms with E-state index in [1.165, 1.54) is 22.9 Å². The number of benzene rings is 2. The smallest absolute Gasteiger partial charge is 0.277 e. The zero-order valence-corrected chi connectivity index (χ0v) is 18.7. The summed E-state index contributed by atoms with van der Waals surface area (Å²) in [5, 5.41) is 8.29. The molecule has 154 valence electrons. The number of hydrogen-bond acceptors (Lipinski definition) is 6. The zero-order chi connectivity index (χ0) is 21.5. The van der Waals surface area contributed by atoms with Crippen molar-refractivity contribution in [1.82, 2.24) is 10.2 Å². The van der Waals surface area contributed by atoms with Crippen LogP contribution >= 0.6 is 11.8 Å². The Balaban J connectivity index is 1.50. The third kappa shape index (κ3) is 3.67. The van der Waals surface area contributed by atoms with Gasteiger partial charge in [-0.1, -0.05) is 61.5 Å². The summed E-state index contributed by atoms with van der Waals surface area (Å²) in [5.74, 6) is 0.487. The maximum atomic E-state index is 13.0. The van der Waals surface area contributed by atoms with Gasteiger partial charge in [-0.25, -0.2) is 0 Å². The Morgan fingerprint density at radius 1 is 1.13 bits per heavy atom. The highest BCUT2D eigenvalue weighted by Gasteiger charge is 2.38. The summed E-state index contributed by atoms with van der Waals surface area (Å²) in [6, 6.07) is 16.2. The van der Waals surface area contributed by atoms with Gasteiger partial charge in [-0.2, -0.15) is 0 Å². The molecule has 0 fully saturated rings. The van der Waals surface area contributed by atoms with Crippen LogP contribution in [0.3, 0.4) is 0 Å². The molecule has 30 heavy (non-hydrogen) atoms. The second-order valence-electron chi connectivity index (χ2n) is 8.13. The summed E-state index contributed by atoms with van der Waals surface area (Å²) in [5.41, 5.74) is 5.17. The lowest BCUT2D eigenvalue weighted by atomic mass is 9.83. The van der Waals surface area contributed by atoms with Gasteiger partial charge < -0.3 is 9.32 Å². The number of fused-ring (bicyclic) bond motifs is 1. The average Bonchev–Trinajstić information content (AvgIpc) is 3.26. The number of ketones is 1. The van der Waals surface area contributed by atoms with Crippen molar-refractivity contribution in [3.05, 3.63) is 71.4 Å². The Kier molecular flexibility index (Phi) is 5.28. The number of carbonyl (C=O) groups excluding carboxylic acids is 1. The summed E-state index contributed by atoms with van der Waals surface area (Å²) in [6.45, 7) is 8.20. The van der Waals surface area contributed by atoms with Crippen molar-refractivity contribution in [2.24, 2.45) is 0 Å². The van der Waals surface area contributed by atoms with Crippen LogP contribution in [0.4, 0.5) is 5.69 Å². The SMILES string of the molecule is Cc1ccc(-c2nnc(SC(C)C(=O)/C=C3/N(C)c4ccccc4C3(C)C)o2)cc1. The van der Waals surface area contributed by atoms with Crippen molar-refractivity contribution in [3.8, 4) is 11.5 Å². The summed E-state index contributed by atoms with van der Waals surface area (Å²) in [6.07, 6.45) is 1.76. The molecule has 0 saturated heterocycles. The first kappa shape index (κ1) is 20.4. The highest BCUT2D eigenvalue weighted by Crippen LogP contribution is 2.46. The summed E-state index contributed by atoms with van der Waals surface area (Å²) < 4.78 is 5.77. The first-order valence-corrected chi connectivity index (χ1v) is 10.8. The van der Waals surface area contributed by atoms with Gasteiger partial charge in [0.25, 0.3) is 5.22 Å². The van der Waals surface area contributed by atoms with Crippen LogP contribution in [0.25, 0.3) is 11.5 Å². The van der Waals surface area contributed by atoms with Crippen molar-refractivity contribution >= 4 is 23.2 Å². The van der Waals surface area contributed by atoms with Gasteiger partial charge in [0.2, 0.25) is 5.89 Å². The van der Waals surface area contributed by atoms with E-state index in [1.54, 1.807) is 6.08 Å². The molecule has 3 aromatic rings. The first-order valence-electron chi connectivity index (χ1n) is 9.94. The highest BCUT2D eigenvalue weighted by atomic mass is 32.2. The quantitative estimate of drug-likeness (QED) is 0.407.